The Balaban J connectivity index is 1.39. The normalized spacial score (nSPS) is 15.2. The van der Waals surface area contributed by atoms with Gasteiger partial charge in [-0.3, -0.25) is 4.99 Å². The van der Waals surface area contributed by atoms with Crippen molar-refractivity contribution in [1.29, 1.82) is 0 Å². The van der Waals surface area contributed by atoms with Crippen LogP contribution in [0.2, 0.25) is 0 Å². The van der Waals surface area contributed by atoms with E-state index in [0.717, 1.165) is 57.3 Å². The van der Waals surface area contributed by atoms with Crippen LogP contribution < -0.4 is 15.0 Å². The summed E-state index contributed by atoms with van der Waals surface area (Å²) in [6, 6.07) is 12.6. The minimum atomic E-state index is 0.911. The molecule has 0 amide bonds. The number of aryl methyl sites for hydroxylation is 1. The third kappa shape index (κ3) is 4.91. The van der Waals surface area contributed by atoms with Gasteiger partial charge >= 0.3 is 0 Å². The zero-order valence-electron chi connectivity index (χ0n) is 15.6. The first kappa shape index (κ1) is 18.6. The number of benzene rings is 1. The van der Waals surface area contributed by atoms with Gasteiger partial charge in [0.1, 0.15) is 5.75 Å². The number of thiophene rings is 1. The molecule has 1 N–H and O–H groups in total. The van der Waals surface area contributed by atoms with Crippen molar-refractivity contribution in [3.8, 4) is 5.75 Å². The second-order valence-electron chi connectivity index (χ2n) is 6.35. The maximum absolute atomic E-state index is 5.20. The summed E-state index contributed by atoms with van der Waals surface area (Å²) >= 11 is 1.82. The number of rotatable bonds is 6. The van der Waals surface area contributed by atoms with Crippen molar-refractivity contribution >= 4 is 22.3 Å². The summed E-state index contributed by atoms with van der Waals surface area (Å²) in [4.78, 5) is 9.28. The number of piperazine rings is 1. The van der Waals surface area contributed by atoms with Crippen molar-refractivity contribution in [2.24, 2.45) is 4.99 Å². The van der Waals surface area contributed by atoms with Gasteiger partial charge in [-0.2, -0.15) is 0 Å². The van der Waals surface area contributed by atoms with E-state index in [9.17, 15) is 0 Å². The van der Waals surface area contributed by atoms with Gasteiger partial charge in [-0.25, -0.2) is 0 Å². The zero-order valence-corrected chi connectivity index (χ0v) is 16.5. The van der Waals surface area contributed by atoms with Crippen molar-refractivity contribution in [3.05, 3.63) is 47.3 Å². The van der Waals surface area contributed by atoms with Crippen LogP contribution in [0.1, 0.15) is 12.0 Å². The average Bonchev–Trinajstić information content (AvgIpc) is 3.24. The maximum atomic E-state index is 5.20. The standard InChI is InChI=1S/C20H28N4OS/c1-21-20(22-11-3-5-17-7-9-18(25-2)10-8-17)24-14-12-23(13-15-24)19-6-4-16-26-19/h4,6-10,16H,3,5,11-15H2,1-2H3,(H,21,22). The summed E-state index contributed by atoms with van der Waals surface area (Å²) in [5.74, 6) is 1.93. The van der Waals surface area contributed by atoms with E-state index in [1.54, 1.807) is 7.11 Å². The van der Waals surface area contributed by atoms with Crippen LogP contribution in [0.15, 0.2) is 46.8 Å². The van der Waals surface area contributed by atoms with Gasteiger partial charge in [0.2, 0.25) is 0 Å². The first-order valence-corrected chi connectivity index (χ1v) is 10.0. The highest BCUT2D eigenvalue weighted by Gasteiger charge is 2.19. The van der Waals surface area contributed by atoms with Gasteiger partial charge < -0.3 is 19.9 Å². The molecular weight excluding hydrogens is 344 g/mol. The van der Waals surface area contributed by atoms with Gasteiger partial charge in [-0.05, 0) is 48.1 Å². The van der Waals surface area contributed by atoms with Crippen LogP contribution in [-0.4, -0.2) is 57.7 Å². The van der Waals surface area contributed by atoms with Gasteiger partial charge in [0.25, 0.3) is 0 Å². The minimum Gasteiger partial charge on any atom is -0.497 e. The molecule has 2 aromatic rings. The van der Waals surface area contributed by atoms with Gasteiger partial charge in [0.15, 0.2) is 5.96 Å². The molecule has 1 aromatic heterocycles. The molecule has 0 saturated carbocycles. The highest BCUT2D eigenvalue weighted by molar-refractivity contribution is 7.14. The molecular formula is C20H28N4OS. The molecule has 0 atom stereocenters. The fraction of sp³-hybridized carbons (Fsp3) is 0.450. The fourth-order valence-electron chi connectivity index (χ4n) is 3.21. The van der Waals surface area contributed by atoms with Gasteiger partial charge in [-0.15, -0.1) is 11.3 Å². The van der Waals surface area contributed by atoms with E-state index in [4.69, 9.17) is 4.74 Å². The van der Waals surface area contributed by atoms with E-state index in [0.29, 0.717) is 0 Å². The molecule has 0 aliphatic carbocycles. The Hall–Kier alpha value is -2.21. The number of hydrogen-bond donors (Lipinski definition) is 1. The van der Waals surface area contributed by atoms with Gasteiger partial charge in [0.05, 0.1) is 12.1 Å². The van der Waals surface area contributed by atoms with Crippen molar-refractivity contribution in [3.63, 3.8) is 0 Å². The largest absolute Gasteiger partial charge is 0.497 e. The maximum Gasteiger partial charge on any atom is 0.193 e. The summed E-state index contributed by atoms with van der Waals surface area (Å²) in [7, 11) is 3.57. The molecule has 5 nitrogen and oxygen atoms in total. The molecule has 0 bridgehead atoms. The average molecular weight is 373 g/mol. The van der Waals surface area contributed by atoms with Crippen LogP contribution >= 0.6 is 11.3 Å². The van der Waals surface area contributed by atoms with Crippen LogP contribution in [0.4, 0.5) is 5.00 Å². The Morgan fingerprint density at radius 1 is 1.15 bits per heavy atom. The topological polar surface area (TPSA) is 40.1 Å². The first-order valence-electron chi connectivity index (χ1n) is 9.17. The molecule has 1 aromatic carbocycles. The number of nitrogens with zero attached hydrogens (tertiary/aromatic N) is 3. The van der Waals surface area contributed by atoms with Crippen LogP contribution in [0, 0.1) is 0 Å². The summed E-state index contributed by atoms with van der Waals surface area (Å²) in [6.45, 7) is 5.05. The fourth-order valence-corrected chi connectivity index (χ4v) is 3.99. The Bertz CT molecular complexity index is 676. The molecule has 1 fully saturated rings. The number of anilines is 1. The molecule has 1 aliphatic rings. The summed E-state index contributed by atoms with van der Waals surface area (Å²) in [5, 5.41) is 7.03. The number of aliphatic imine (C=N–C) groups is 1. The van der Waals surface area contributed by atoms with Crippen molar-refractivity contribution in [2.75, 3.05) is 51.8 Å². The van der Waals surface area contributed by atoms with E-state index >= 15 is 0 Å². The molecule has 2 heterocycles. The number of ether oxygens (including phenoxy) is 1. The Morgan fingerprint density at radius 2 is 1.92 bits per heavy atom. The molecule has 0 spiro atoms. The van der Waals surface area contributed by atoms with E-state index in [2.05, 4.69) is 49.8 Å². The second kappa shape index (κ2) is 9.48. The molecule has 1 saturated heterocycles. The van der Waals surface area contributed by atoms with E-state index in [1.807, 2.05) is 30.5 Å². The molecule has 3 rings (SSSR count). The van der Waals surface area contributed by atoms with Crippen molar-refractivity contribution in [2.45, 2.75) is 12.8 Å². The predicted molar refractivity (Wildman–Crippen MR) is 111 cm³/mol. The SMILES string of the molecule is CN=C(NCCCc1ccc(OC)cc1)N1CCN(c2cccs2)CC1. The van der Waals surface area contributed by atoms with Gasteiger partial charge in [-0.1, -0.05) is 12.1 Å². The summed E-state index contributed by atoms with van der Waals surface area (Å²) in [5.41, 5.74) is 1.34. The zero-order chi connectivity index (χ0) is 18.2. The third-order valence-electron chi connectivity index (χ3n) is 4.69. The monoisotopic (exact) mass is 372 g/mol. The van der Waals surface area contributed by atoms with E-state index < -0.39 is 0 Å². The van der Waals surface area contributed by atoms with Crippen molar-refractivity contribution < 1.29 is 4.74 Å². The van der Waals surface area contributed by atoms with Crippen LogP contribution in [0.3, 0.4) is 0 Å². The lowest BCUT2D eigenvalue weighted by molar-refractivity contribution is 0.373. The van der Waals surface area contributed by atoms with E-state index in [-0.39, 0.29) is 0 Å². The summed E-state index contributed by atoms with van der Waals surface area (Å²) in [6.07, 6.45) is 2.14. The highest BCUT2D eigenvalue weighted by Crippen LogP contribution is 2.22. The Morgan fingerprint density at radius 3 is 2.54 bits per heavy atom. The summed E-state index contributed by atoms with van der Waals surface area (Å²) < 4.78 is 5.20. The van der Waals surface area contributed by atoms with Crippen LogP contribution in [0.5, 0.6) is 5.75 Å². The number of hydrogen-bond acceptors (Lipinski definition) is 4. The van der Waals surface area contributed by atoms with Crippen LogP contribution in [0.25, 0.3) is 0 Å². The quantitative estimate of drug-likeness (QED) is 0.481. The van der Waals surface area contributed by atoms with E-state index in [1.165, 1.54) is 10.6 Å². The minimum absolute atomic E-state index is 0.911. The number of guanidine groups is 1. The second-order valence-corrected chi connectivity index (χ2v) is 7.28. The Kier molecular flexibility index (Phi) is 6.77. The molecule has 26 heavy (non-hydrogen) atoms. The number of nitrogens with one attached hydrogen (secondary N) is 1. The van der Waals surface area contributed by atoms with Crippen molar-refractivity contribution in [1.82, 2.24) is 10.2 Å². The molecule has 0 radical (unpaired) electrons. The lowest BCUT2D eigenvalue weighted by atomic mass is 10.1. The smallest absolute Gasteiger partial charge is 0.193 e. The predicted octanol–water partition coefficient (Wildman–Crippen LogP) is 3.09. The lowest BCUT2D eigenvalue weighted by Crippen LogP contribution is -2.52. The van der Waals surface area contributed by atoms with Gasteiger partial charge in [0, 0.05) is 39.8 Å². The molecule has 0 unspecified atom stereocenters. The lowest BCUT2D eigenvalue weighted by Gasteiger charge is -2.37. The third-order valence-corrected chi connectivity index (χ3v) is 5.62. The number of methoxy groups -OCH3 is 1. The molecule has 6 heteroatoms. The first-order chi connectivity index (χ1) is 12.8. The molecule has 140 valence electrons. The Labute approximate surface area is 160 Å². The highest BCUT2D eigenvalue weighted by atomic mass is 32.1. The molecule has 1 aliphatic heterocycles. The van der Waals surface area contributed by atoms with Crippen LogP contribution in [-0.2, 0) is 6.42 Å².